The minimum Gasteiger partial charge on any atom is -0.354 e. The first-order valence-electron chi connectivity index (χ1n) is 6.73. The fraction of sp³-hybridized carbons (Fsp3) is 0.0588. The average Bonchev–Trinajstić information content (AvgIpc) is 2.47. The molecule has 0 radical (unpaired) electrons. The number of benzene rings is 2. The highest BCUT2D eigenvalue weighted by Crippen LogP contribution is 2.23. The lowest BCUT2D eigenvalue weighted by atomic mass is 10.1. The number of nitrogens with one attached hydrogen (secondary N) is 2. The molecule has 0 aliphatic rings. The van der Waals surface area contributed by atoms with E-state index in [4.69, 9.17) is 11.6 Å². The van der Waals surface area contributed by atoms with Crippen molar-refractivity contribution in [3.05, 3.63) is 63.8 Å². The molecular weight excluding hydrogens is 300 g/mol. The first-order valence-corrected chi connectivity index (χ1v) is 7.11. The van der Waals surface area contributed by atoms with Crippen LogP contribution in [0.3, 0.4) is 0 Å². The minimum absolute atomic E-state index is 0.115. The molecule has 0 aliphatic heterocycles. The van der Waals surface area contributed by atoms with Gasteiger partial charge in [0.15, 0.2) is 5.43 Å². The maximum atomic E-state index is 12.3. The Kier molecular flexibility index (Phi) is 3.69. The van der Waals surface area contributed by atoms with Gasteiger partial charge < -0.3 is 10.3 Å². The fourth-order valence-electron chi connectivity index (χ4n) is 2.34. The Hall–Kier alpha value is -2.59. The number of carbonyl (C=O) groups excluding carboxylic acids is 1. The zero-order chi connectivity index (χ0) is 15.7. The van der Waals surface area contributed by atoms with Gasteiger partial charge in [0.1, 0.15) is 0 Å². The van der Waals surface area contributed by atoms with Crippen LogP contribution in [0.2, 0.25) is 5.02 Å². The van der Waals surface area contributed by atoms with Gasteiger partial charge in [-0.2, -0.15) is 0 Å². The number of aromatic amines is 1. The summed E-state index contributed by atoms with van der Waals surface area (Å²) >= 11 is 5.99. The number of halogens is 1. The van der Waals surface area contributed by atoms with Crippen molar-refractivity contribution in [1.82, 2.24) is 4.98 Å². The molecule has 0 spiro atoms. The summed E-state index contributed by atoms with van der Waals surface area (Å²) in [6.07, 6.45) is 0. The summed E-state index contributed by atoms with van der Waals surface area (Å²) in [5.41, 5.74) is 2.73. The molecule has 0 saturated carbocycles. The van der Waals surface area contributed by atoms with E-state index in [1.54, 1.807) is 30.3 Å². The molecule has 0 atom stereocenters. The van der Waals surface area contributed by atoms with Crippen LogP contribution in [-0.4, -0.2) is 10.9 Å². The summed E-state index contributed by atoms with van der Waals surface area (Å²) in [5.74, 6) is -0.175. The maximum absolute atomic E-state index is 12.3. The highest BCUT2D eigenvalue weighted by Gasteiger charge is 2.06. The lowest BCUT2D eigenvalue weighted by molar-refractivity contribution is -0.114. The largest absolute Gasteiger partial charge is 0.354 e. The molecule has 0 bridgehead atoms. The number of H-pyrrole nitrogens is 1. The first-order chi connectivity index (χ1) is 10.5. The molecule has 5 heteroatoms. The second-order valence-corrected chi connectivity index (χ2v) is 5.44. The molecule has 0 fully saturated rings. The Bertz CT molecular complexity index is 931. The third-order valence-corrected chi connectivity index (χ3v) is 3.52. The molecule has 0 unspecified atom stereocenters. The van der Waals surface area contributed by atoms with E-state index < -0.39 is 0 Å². The van der Waals surface area contributed by atoms with Crippen molar-refractivity contribution in [2.45, 2.75) is 6.92 Å². The molecule has 0 aliphatic carbocycles. The van der Waals surface area contributed by atoms with E-state index >= 15 is 0 Å². The van der Waals surface area contributed by atoms with Gasteiger partial charge in [-0.1, -0.05) is 23.7 Å². The van der Waals surface area contributed by atoms with Gasteiger partial charge in [0.2, 0.25) is 5.91 Å². The fourth-order valence-corrected chi connectivity index (χ4v) is 2.53. The van der Waals surface area contributed by atoms with E-state index in [1.165, 1.54) is 13.0 Å². The Balaban J connectivity index is 2.13. The van der Waals surface area contributed by atoms with Gasteiger partial charge in [-0.25, -0.2) is 0 Å². The number of fused-ring (bicyclic) bond motifs is 1. The molecule has 2 aromatic carbocycles. The van der Waals surface area contributed by atoms with Crippen molar-refractivity contribution in [1.29, 1.82) is 0 Å². The SMILES string of the molecule is CC(=O)Nc1ccc2[nH]c(-c3cccc(Cl)c3)cc(=O)c2c1. The van der Waals surface area contributed by atoms with Crippen LogP contribution in [-0.2, 0) is 4.79 Å². The van der Waals surface area contributed by atoms with Crippen LogP contribution < -0.4 is 10.7 Å². The van der Waals surface area contributed by atoms with Gasteiger partial charge in [0, 0.05) is 40.3 Å². The summed E-state index contributed by atoms with van der Waals surface area (Å²) in [4.78, 5) is 26.6. The van der Waals surface area contributed by atoms with Gasteiger partial charge >= 0.3 is 0 Å². The molecule has 22 heavy (non-hydrogen) atoms. The number of hydrogen-bond donors (Lipinski definition) is 2. The summed E-state index contributed by atoms with van der Waals surface area (Å²) in [7, 11) is 0. The topological polar surface area (TPSA) is 62.0 Å². The predicted octanol–water partition coefficient (Wildman–Crippen LogP) is 3.81. The molecule has 1 aromatic heterocycles. The van der Waals surface area contributed by atoms with Crippen LogP contribution in [0.1, 0.15) is 6.92 Å². The van der Waals surface area contributed by atoms with Crippen molar-refractivity contribution in [2.24, 2.45) is 0 Å². The normalized spacial score (nSPS) is 10.6. The van der Waals surface area contributed by atoms with E-state index in [0.29, 0.717) is 27.3 Å². The molecule has 2 N–H and O–H groups in total. The Morgan fingerprint density at radius 1 is 1.14 bits per heavy atom. The monoisotopic (exact) mass is 312 g/mol. The second kappa shape index (κ2) is 5.66. The zero-order valence-electron chi connectivity index (χ0n) is 11.8. The van der Waals surface area contributed by atoms with Gasteiger partial charge in [-0.3, -0.25) is 9.59 Å². The van der Waals surface area contributed by atoms with E-state index in [9.17, 15) is 9.59 Å². The maximum Gasteiger partial charge on any atom is 0.221 e. The Morgan fingerprint density at radius 2 is 1.95 bits per heavy atom. The number of anilines is 1. The molecule has 4 nitrogen and oxygen atoms in total. The summed E-state index contributed by atoms with van der Waals surface area (Å²) < 4.78 is 0. The van der Waals surface area contributed by atoms with Crippen molar-refractivity contribution >= 4 is 34.1 Å². The van der Waals surface area contributed by atoms with E-state index in [0.717, 1.165) is 5.56 Å². The van der Waals surface area contributed by atoms with E-state index in [1.807, 2.05) is 12.1 Å². The highest BCUT2D eigenvalue weighted by atomic mass is 35.5. The van der Waals surface area contributed by atoms with Crippen LogP contribution in [0.4, 0.5) is 5.69 Å². The van der Waals surface area contributed by atoms with Crippen molar-refractivity contribution in [3.8, 4) is 11.3 Å². The summed E-state index contributed by atoms with van der Waals surface area (Å²) in [5, 5.41) is 3.80. The molecule has 3 aromatic rings. The highest BCUT2D eigenvalue weighted by molar-refractivity contribution is 6.30. The van der Waals surface area contributed by atoms with E-state index in [-0.39, 0.29) is 11.3 Å². The smallest absolute Gasteiger partial charge is 0.221 e. The average molecular weight is 313 g/mol. The standard InChI is InChI=1S/C17H13ClN2O2/c1-10(21)19-13-5-6-15-14(8-13)17(22)9-16(20-15)11-3-2-4-12(18)7-11/h2-9H,1H3,(H,19,21)(H,20,22). The third-order valence-electron chi connectivity index (χ3n) is 3.29. The van der Waals surface area contributed by atoms with Gasteiger partial charge in [-0.15, -0.1) is 0 Å². The molecule has 1 amide bonds. The van der Waals surface area contributed by atoms with Crippen LogP contribution in [0.15, 0.2) is 53.3 Å². The van der Waals surface area contributed by atoms with Crippen molar-refractivity contribution < 1.29 is 4.79 Å². The minimum atomic E-state index is -0.175. The van der Waals surface area contributed by atoms with E-state index in [2.05, 4.69) is 10.3 Å². The number of carbonyl (C=O) groups is 1. The number of aromatic nitrogens is 1. The van der Waals surface area contributed by atoms with Crippen LogP contribution in [0.25, 0.3) is 22.2 Å². The molecule has 0 saturated heterocycles. The predicted molar refractivity (Wildman–Crippen MR) is 89.3 cm³/mol. The van der Waals surface area contributed by atoms with Crippen LogP contribution in [0, 0.1) is 0 Å². The zero-order valence-corrected chi connectivity index (χ0v) is 12.6. The summed E-state index contributed by atoms with van der Waals surface area (Å²) in [6.45, 7) is 1.43. The molecule has 1 heterocycles. The number of hydrogen-bond acceptors (Lipinski definition) is 2. The van der Waals surface area contributed by atoms with Crippen molar-refractivity contribution in [3.63, 3.8) is 0 Å². The second-order valence-electron chi connectivity index (χ2n) is 5.00. The van der Waals surface area contributed by atoms with Crippen LogP contribution >= 0.6 is 11.6 Å². The third kappa shape index (κ3) is 2.87. The van der Waals surface area contributed by atoms with Crippen molar-refractivity contribution in [2.75, 3.05) is 5.32 Å². The molecular formula is C17H13ClN2O2. The van der Waals surface area contributed by atoms with Gasteiger partial charge in [0.05, 0.1) is 0 Å². The molecule has 3 rings (SSSR count). The first kappa shape index (κ1) is 14.4. The number of pyridine rings is 1. The van der Waals surface area contributed by atoms with Gasteiger partial charge in [-0.05, 0) is 35.9 Å². The lowest BCUT2D eigenvalue weighted by Crippen LogP contribution is -2.08. The number of rotatable bonds is 2. The quantitative estimate of drug-likeness (QED) is 0.756. The molecule has 110 valence electrons. The Morgan fingerprint density at radius 3 is 2.68 bits per heavy atom. The lowest BCUT2D eigenvalue weighted by Gasteiger charge is -2.07. The summed E-state index contributed by atoms with van der Waals surface area (Å²) in [6, 6.07) is 14.0. The van der Waals surface area contributed by atoms with Gasteiger partial charge in [0.25, 0.3) is 0 Å². The Labute approximate surface area is 131 Å². The van der Waals surface area contributed by atoms with Crippen LogP contribution in [0.5, 0.6) is 0 Å². The number of amides is 1.